The van der Waals surface area contributed by atoms with Crippen molar-refractivity contribution in [2.24, 2.45) is 0 Å². The molecule has 206 valence electrons. The molecule has 2 aliphatic rings. The maximum atomic E-state index is 15.2. The highest BCUT2D eigenvalue weighted by atomic mass is 19.1. The number of rotatable bonds is 5. The van der Waals surface area contributed by atoms with Crippen LogP contribution in [0.3, 0.4) is 0 Å². The summed E-state index contributed by atoms with van der Waals surface area (Å²) in [6, 6.07) is 11.9. The number of benzene rings is 1. The lowest BCUT2D eigenvalue weighted by atomic mass is 9.99. The first-order chi connectivity index (χ1) is 19.4. The first-order valence-electron chi connectivity index (χ1n) is 13.6. The fourth-order valence-corrected chi connectivity index (χ4v) is 5.77. The van der Waals surface area contributed by atoms with Gasteiger partial charge < -0.3 is 25.2 Å². The molecule has 40 heavy (non-hydrogen) atoms. The van der Waals surface area contributed by atoms with Crippen LogP contribution in [0.4, 0.5) is 21.6 Å². The van der Waals surface area contributed by atoms with Crippen molar-refractivity contribution in [1.29, 1.82) is 0 Å². The van der Waals surface area contributed by atoms with Gasteiger partial charge in [-0.25, -0.2) is 14.4 Å². The number of fused-ring (bicyclic) bond motifs is 1. The van der Waals surface area contributed by atoms with Gasteiger partial charge in [0.2, 0.25) is 5.91 Å². The SMILES string of the molecule is CC(=O)N1CCCC1c1ccc(F)c(-c2cc(Nc3ccc(N4CCC(O)CC4)cn3)c3c(=O)[nH]ccc3n2)c1. The Morgan fingerprint density at radius 3 is 2.67 bits per heavy atom. The molecule has 2 aliphatic heterocycles. The average molecular weight is 543 g/mol. The number of nitrogens with one attached hydrogen (secondary N) is 2. The molecule has 3 N–H and O–H groups in total. The lowest BCUT2D eigenvalue weighted by Gasteiger charge is -2.31. The van der Waals surface area contributed by atoms with E-state index in [1.807, 2.05) is 17.0 Å². The zero-order chi connectivity index (χ0) is 27.8. The van der Waals surface area contributed by atoms with E-state index < -0.39 is 5.82 Å². The summed E-state index contributed by atoms with van der Waals surface area (Å²) >= 11 is 0. The molecule has 0 radical (unpaired) electrons. The minimum Gasteiger partial charge on any atom is -0.393 e. The highest BCUT2D eigenvalue weighted by molar-refractivity contribution is 5.94. The van der Waals surface area contributed by atoms with E-state index in [1.165, 1.54) is 12.3 Å². The monoisotopic (exact) mass is 542 g/mol. The number of anilines is 3. The Hall–Kier alpha value is -4.31. The Balaban J connectivity index is 1.36. The Labute approximate surface area is 230 Å². The van der Waals surface area contributed by atoms with E-state index in [4.69, 9.17) is 0 Å². The van der Waals surface area contributed by atoms with Crippen molar-refractivity contribution in [1.82, 2.24) is 19.9 Å². The molecule has 5 heterocycles. The minimum atomic E-state index is -0.437. The number of aliphatic hydroxyl groups is 1. The van der Waals surface area contributed by atoms with E-state index in [1.54, 1.807) is 37.4 Å². The fraction of sp³-hybridized carbons (Fsp3) is 0.333. The number of aromatic nitrogens is 3. The number of carbonyl (C=O) groups is 1. The summed E-state index contributed by atoms with van der Waals surface area (Å²) in [5.41, 5.74) is 3.04. The summed E-state index contributed by atoms with van der Waals surface area (Å²) in [6.07, 6.45) is 6.18. The molecule has 0 aliphatic carbocycles. The number of likely N-dealkylation sites (tertiary alicyclic amines) is 1. The van der Waals surface area contributed by atoms with Crippen LogP contribution in [-0.2, 0) is 4.79 Å². The zero-order valence-electron chi connectivity index (χ0n) is 22.2. The molecule has 1 aromatic carbocycles. The molecule has 6 rings (SSSR count). The van der Waals surface area contributed by atoms with Gasteiger partial charge in [0, 0.05) is 38.3 Å². The van der Waals surface area contributed by atoms with Gasteiger partial charge >= 0.3 is 0 Å². The smallest absolute Gasteiger partial charge is 0.259 e. The molecule has 2 fully saturated rings. The first-order valence-corrected chi connectivity index (χ1v) is 13.6. The van der Waals surface area contributed by atoms with Crippen molar-refractivity contribution in [3.63, 3.8) is 0 Å². The van der Waals surface area contributed by atoms with Gasteiger partial charge in [-0.1, -0.05) is 6.07 Å². The van der Waals surface area contributed by atoms with Crippen LogP contribution in [0.25, 0.3) is 22.2 Å². The van der Waals surface area contributed by atoms with Gasteiger partial charge in [0.25, 0.3) is 5.56 Å². The number of hydrogen-bond donors (Lipinski definition) is 3. The second-order valence-corrected chi connectivity index (χ2v) is 10.5. The summed E-state index contributed by atoms with van der Waals surface area (Å²) in [7, 11) is 0. The van der Waals surface area contributed by atoms with Crippen LogP contribution in [0.5, 0.6) is 0 Å². The van der Waals surface area contributed by atoms with Crippen molar-refractivity contribution in [3.8, 4) is 11.3 Å². The molecule has 9 nitrogen and oxygen atoms in total. The van der Waals surface area contributed by atoms with Gasteiger partial charge in [-0.15, -0.1) is 0 Å². The van der Waals surface area contributed by atoms with Crippen molar-refractivity contribution in [2.45, 2.75) is 44.8 Å². The molecular weight excluding hydrogens is 511 g/mol. The molecule has 1 unspecified atom stereocenters. The van der Waals surface area contributed by atoms with E-state index in [0.717, 1.165) is 50.0 Å². The molecule has 0 bridgehead atoms. The average Bonchev–Trinajstić information content (AvgIpc) is 3.45. The summed E-state index contributed by atoms with van der Waals surface area (Å²) in [5, 5.41) is 13.4. The summed E-state index contributed by atoms with van der Waals surface area (Å²) < 4.78 is 15.2. The van der Waals surface area contributed by atoms with Crippen LogP contribution in [0.15, 0.2) is 59.7 Å². The second kappa shape index (κ2) is 10.7. The summed E-state index contributed by atoms with van der Waals surface area (Å²) in [5.74, 6) is 0.0898. The van der Waals surface area contributed by atoms with E-state index in [0.29, 0.717) is 40.2 Å². The summed E-state index contributed by atoms with van der Waals surface area (Å²) in [4.78, 5) is 40.9. The van der Waals surface area contributed by atoms with E-state index in [-0.39, 0.29) is 23.6 Å². The Morgan fingerprint density at radius 1 is 1.10 bits per heavy atom. The topological polar surface area (TPSA) is 114 Å². The molecule has 1 atom stereocenters. The number of aromatic amines is 1. The highest BCUT2D eigenvalue weighted by Crippen LogP contribution is 2.36. The molecular formula is C30H31FN6O3. The third-order valence-corrected chi connectivity index (χ3v) is 7.88. The molecule has 10 heteroatoms. The van der Waals surface area contributed by atoms with E-state index >= 15 is 4.39 Å². The standard InChI is InChI=1S/C30H31FN6O3/c1-18(38)37-12-2-3-27(37)19-4-6-23(31)22(15-19)25-16-26(29-24(34-25)8-11-32-30(29)40)35-28-7-5-20(17-33-28)36-13-9-21(39)10-14-36/h4-8,11,15-17,21,27,39H,2-3,9-10,12-14H2,1H3,(H,32,40)(H,33,34,35). The van der Waals surface area contributed by atoms with Crippen molar-refractivity contribution in [2.75, 3.05) is 29.9 Å². The quantitative estimate of drug-likeness (QED) is 0.340. The Morgan fingerprint density at radius 2 is 1.93 bits per heavy atom. The van der Waals surface area contributed by atoms with E-state index in [2.05, 4.69) is 25.2 Å². The van der Waals surface area contributed by atoms with Crippen LogP contribution in [0, 0.1) is 5.82 Å². The maximum absolute atomic E-state index is 15.2. The third kappa shape index (κ3) is 5.02. The molecule has 2 saturated heterocycles. The Kier molecular flexibility index (Phi) is 6.93. The Bertz CT molecular complexity index is 1610. The molecule has 4 aromatic rings. The normalized spacial score (nSPS) is 17.9. The van der Waals surface area contributed by atoms with Crippen LogP contribution in [0.2, 0.25) is 0 Å². The van der Waals surface area contributed by atoms with E-state index in [9.17, 15) is 14.7 Å². The molecule has 1 amide bonds. The number of hydrogen-bond acceptors (Lipinski definition) is 7. The lowest BCUT2D eigenvalue weighted by Crippen LogP contribution is -2.35. The van der Waals surface area contributed by atoms with Crippen LogP contribution < -0.4 is 15.8 Å². The van der Waals surface area contributed by atoms with Gasteiger partial charge in [0.05, 0.1) is 46.3 Å². The first kappa shape index (κ1) is 25.9. The fourth-order valence-electron chi connectivity index (χ4n) is 5.77. The number of piperidine rings is 1. The number of carbonyl (C=O) groups excluding carboxylic acids is 1. The zero-order valence-corrected chi connectivity index (χ0v) is 22.2. The second-order valence-electron chi connectivity index (χ2n) is 10.5. The summed E-state index contributed by atoms with van der Waals surface area (Å²) in [6.45, 7) is 3.77. The van der Waals surface area contributed by atoms with Crippen LogP contribution in [-0.4, -0.2) is 56.6 Å². The predicted molar refractivity (Wildman–Crippen MR) is 152 cm³/mol. The highest BCUT2D eigenvalue weighted by Gasteiger charge is 2.28. The number of pyridine rings is 3. The maximum Gasteiger partial charge on any atom is 0.259 e. The largest absolute Gasteiger partial charge is 0.393 e. The van der Waals surface area contributed by atoms with Crippen molar-refractivity contribution >= 4 is 34.0 Å². The van der Waals surface area contributed by atoms with Gasteiger partial charge in [0.15, 0.2) is 0 Å². The number of H-pyrrole nitrogens is 1. The number of amides is 1. The molecule has 3 aromatic heterocycles. The van der Waals surface area contributed by atoms with Gasteiger partial charge in [-0.05, 0) is 67.6 Å². The number of nitrogens with zero attached hydrogens (tertiary/aromatic N) is 4. The number of aliphatic hydroxyl groups excluding tert-OH is 1. The predicted octanol–water partition coefficient (Wildman–Crippen LogP) is 4.51. The molecule has 0 saturated carbocycles. The van der Waals surface area contributed by atoms with Gasteiger partial charge in [-0.3, -0.25) is 9.59 Å². The van der Waals surface area contributed by atoms with Crippen LogP contribution >= 0.6 is 0 Å². The minimum absolute atomic E-state index is 0.000636. The van der Waals surface area contributed by atoms with Crippen molar-refractivity contribution in [3.05, 3.63) is 76.6 Å². The number of halogens is 1. The third-order valence-electron chi connectivity index (χ3n) is 7.88. The lowest BCUT2D eigenvalue weighted by molar-refractivity contribution is -0.129. The van der Waals surface area contributed by atoms with Crippen molar-refractivity contribution < 1.29 is 14.3 Å². The van der Waals surface area contributed by atoms with Crippen LogP contribution in [0.1, 0.15) is 44.2 Å². The van der Waals surface area contributed by atoms with Gasteiger partial charge in [0.1, 0.15) is 11.6 Å². The molecule has 0 spiro atoms. The van der Waals surface area contributed by atoms with Gasteiger partial charge in [-0.2, -0.15) is 0 Å².